The summed E-state index contributed by atoms with van der Waals surface area (Å²) in [5, 5.41) is 2.62. The van der Waals surface area contributed by atoms with Gasteiger partial charge in [-0.3, -0.25) is 9.59 Å². The van der Waals surface area contributed by atoms with Crippen molar-refractivity contribution in [2.24, 2.45) is 0 Å². The summed E-state index contributed by atoms with van der Waals surface area (Å²) in [6.45, 7) is -1.57. The van der Waals surface area contributed by atoms with E-state index in [9.17, 15) is 18.4 Å². The minimum absolute atomic E-state index is 0.0388. The number of hydrogen-bond donors (Lipinski definition) is 1. The van der Waals surface area contributed by atoms with Gasteiger partial charge < -0.3 is 24.3 Å². The van der Waals surface area contributed by atoms with E-state index < -0.39 is 12.5 Å². The highest BCUT2D eigenvalue weighted by Gasteiger charge is 2.20. The molecule has 0 bridgehead atoms. The molecule has 2 aromatic carbocycles. The second-order valence-corrected chi connectivity index (χ2v) is 5.92. The summed E-state index contributed by atoms with van der Waals surface area (Å²) in [4.78, 5) is 24.2. The number of carbonyl (C=O) groups excluding carboxylic acids is 2. The molecular formula is C20H17F2NO6. The van der Waals surface area contributed by atoms with Crippen LogP contribution in [0.15, 0.2) is 36.4 Å². The van der Waals surface area contributed by atoms with Crippen LogP contribution in [0.1, 0.15) is 22.8 Å². The molecule has 0 aromatic heterocycles. The first kappa shape index (κ1) is 20.1. The Morgan fingerprint density at radius 3 is 2.52 bits per heavy atom. The maximum absolute atomic E-state index is 12.4. The topological polar surface area (TPSA) is 83.1 Å². The maximum atomic E-state index is 12.4. The molecule has 1 N–H and O–H groups in total. The summed E-state index contributed by atoms with van der Waals surface area (Å²) in [5.74, 6) is 0.0915. The normalized spacial score (nSPS) is 12.3. The van der Waals surface area contributed by atoms with Gasteiger partial charge in [0, 0.05) is 17.7 Å². The first-order valence-electron chi connectivity index (χ1n) is 8.44. The van der Waals surface area contributed by atoms with Gasteiger partial charge in [0.05, 0.1) is 12.8 Å². The number of ketones is 1. The lowest BCUT2D eigenvalue weighted by atomic mass is 10.1. The van der Waals surface area contributed by atoms with Crippen molar-refractivity contribution in [3.63, 3.8) is 0 Å². The summed E-state index contributed by atoms with van der Waals surface area (Å²) in [6, 6.07) is 7.28. The van der Waals surface area contributed by atoms with Gasteiger partial charge in [-0.2, -0.15) is 8.78 Å². The van der Waals surface area contributed by atoms with Gasteiger partial charge in [-0.1, -0.05) is 6.07 Å². The molecule has 1 aliphatic rings. The summed E-state index contributed by atoms with van der Waals surface area (Å²) < 4.78 is 44.6. The Morgan fingerprint density at radius 1 is 1.14 bits per heavy atom. The van der Waals surface area contributed by atoms with Gasteiger partial charge in [-0.25, -0.2) is 0 Å². The first-order chi connectivity index (χ1) is 13.9. The number of alkyl halides is 2. The van der Waals surface area contributed by atoms with Crippen molar-refractivity contribution in [2.75, 3.05) is 19.2 Å². The van der Waals surface area contributed by atoms with Crippen LogP contribution in [-0.4, -0.2) is 32.2 Å². The second-order valence-electron chi connectivity index (χ2n) is 5.92. The molecule has 0 aliphatic carbocycles. The number of hydrogen-bond acceptors (Lipinski definition) is 6. The van der Waals surface area contributed by atoms with E-state index in [0.717, 1.165) is 0 Å². The van der Waals surface area contributed by atoms with Crippen molar-refractivity contribution in [3.8, 4) is 23.0 Å². The van der Waals surface area contributed by atoms with Crippen LogP contribution in [0.2, 0.25) is 0 Å². The van der Waals surface area contributed by atoms with Crippen molar-refractivity contribution in [3.05, 3.63) is 47.5 Å². The monoisotopic (exact) mass is 405 g/mol. The zero-order valence-electron chi connectivity index (χ0n) is 15.5. The Labute approximate surface area is 164 Å². The number of anilines is 1. The fraction of sp³-hybridized carbons (Fsp3) is 0.200. The van der Waals surface area contributed by atoms with Crippen LogP contribution in [0.4, 0.5) is 14.5 Å². The van der Waals surface area contributed by atoms with Crippen molar-refractivity contribution >= 4 is 23.5 Å². The van der Waals surface area contributed by atoms with Crippen LogP contribution in [0.25, 0.3) is 6.08 Å². The lowest BCUT2D eigenvalue weighted by Crippen LogP contribution is -2.11. The quantitative estimate of drug-likeness (QED) is 0.556. The number of halogens is 2. The van der Waals surface area contributed by atoms with E-state index in [0.29, 0.717) is 17.1 Å². The van der Waals surface area contributed by atoms with E-state index >= 15 is 0 Å². The Kier molecular flexibility index (Phi) is 5.96. The van der Waals surface area contributed by atoms with Crippen LogP contribution in [0.3, 0.4) is 0 Å². The highest BCUT2D eigenvalue weighted by molar-refractivity contribution is 6.08. The average molecular weight is 405 g/mol. The van der Waals surface area contributed by atoms with Gasteiger partial charge in [0.2, 0.25) is 12.7 Å². The smallest absolute Gasteiger partial charge is 0.387 e. The molecule has 7 nitrogen and oxygen atoms in total. The third kappa shape index (κ3) is 4.81. The molecule has 1 amide bonds. The number of methoxy groups -OCH3 is 1. The molecule has 1 aliphatic heterocycles. The number of Topliss-reactive ketones (excluding diaryl/α,β-unsaturated/α-hetero) is 1. The molecule has 29 heavy (non-hydrogen) atoms. The van der Waals surface area contributed by atoms with E-state index in [-0.39, 0.29) is 35.3 Å². The van der Waals surface area contributed by atoms with E-state index in [2.05, 4.69) is 10.1 Å². The summed E-state index contributed by atoms with van der Waals surface area (Å²) >= 11 is 0. The summed E-state index contributed by atoms with van der Waals surface area (Å²) in [5.41, 5.74) is 1.09. The fourth-order valence-electron chi connectivity index (χ4n) is 2.66. The van der Waals surface area contributed by atoms with Gasteiger partial charge in [0.15, 0.2) is 28.8 Å². The van der Waals surface area contributed by atoms with Crippen molar-refractivity contribution in [1.82, 2.24) is 0 Å². The standard InChI is InChI=1S/C20H17F2NO6/c1-11(24)13-8-17-18(28-10-27-17)9-14(13)23-19(25)6-4-12-3-5-15(29-20(21)22)16(7-12)26-2/h3-9,20H,10H2,1-2H3,(H,23,25)/b6-4+. The number of amides is 1. The van der Waals surface area contributed by atoms with Crippen LogP contribution in [0, 0.1) is 0 Å². The molecule has 0 unspecified atom stereocenters. The average Bonchev–Trinajstić information content (AvgIpc) is 3.13. The Morgan fingerprint density at radius 2 is 1.86 bits per heavy atom. The third-order valence-corrected chi connectivity index (χ3v) is 3.98. The molecule has 2 aromatic rings. The molecule has 1 heterocycles. The number of fused-ring (bicyclic) bond motifs is 1. The molecule has 9 heteroatoms. The summed E-state index contributed by atoms with van der Waals surface area (Å²) in [6.07, 6.45) is 2.70. The second kappa shape index (κ2) is 8.59. The Balaban J connectivity index is 1.76. The molecule has 0 spiro atoms. The van der Waals surface area contributed by atoms with E-state index in [4.69, 9.17) is 14.2 Å². The van der Waals surface area contributed by atoms with Gasteiger partial charge >= 0.3 is 6.61 Å². The zero-order valence-corrected chi connectivity index (χ0v) is 15.5. The first-order valence-corrected chi connectivity index (χ1v) is 8.44. The van der Waals surface area contributed by atoms with Gasteiger partial charge in [0.1, 0.15) is 0 Å². The van der Waals surface area contributed by atoms with Crippen LogP contribution in [-0.2, 0) is 4.79 Å². The van der Waals surface area contributed by atoms with Crippen molar-refractivity contribution < 1.29 is 37.3 Å². The number of carbonyl (C=O) groups is 2. The minimum Gasteiger partial charge on any atom is -0.493 e. The SMILES string of the molecule is COc1cc(/C=C/C(=O)Nc2cc3c(cc2C(C)=O)OCO3)ccc1OC(F)F. The number of ether oxygens (including phenoxy) is 4. The molecule has 0 saturated carbocycles. The van der Waals surface area contributed by atoms with Gasteiger partial charge in [-0.15, -0.1) is 0 Å². The van der Waals surface area contributed by atoms with Crippen LogP contribution in [0.5, 0.6) is 23.0 Å². The molecule has 0 fully saturated rings. The van der Waals surface area contributed by atoms with Gasteiger partial charge in [-0.05, 0) is 36.8 Å². The third-order valence-electron chi connectivity index (χ3n) is 3.98. The predicted molar refractivity (Wildman–Crippen MR) is 99.9 cm³/mol. The van der Waals surface area contributed by atoms with Gasteiger partial charge in [0.25, 0.3) is 0 Å². The zero-order chi connectivity index (χ0) is 21.0. The molecule has 0 atom stereocenters. The van der Waals surface area contributed by atoms with Crippen LogP contribution >= 0.6 is 0 Å². The molecule has 152 valence electrons. The number of rotatable bonds is 7. The van der Waals surface area contributed by atoms with E-state index in [1.54, 1.807) is 0 Å². The lowest BCUT2D eigenvalue weighted by Gasteiger charge is -2.10. The molecule has 0 radical (unpaired) electrons. The molecular weight excluding hydrogens is 388 g/mol. The number of nitrogens with one attached hydrogen (secondary N) is 1. The largest absolute Gasteiger partial charge is 0.493 e. The maximum Gasteiger partial charge on any atom is 0.387 e. The molecule has 3 rings (SSSR count). The van der Waals surface area contributed by atoms with Crippen molar-refractivity contribution in [2.45, 2.75) is 13.5 Å². The molecule has 0 saturated heterocycles. The number of benzene rings is 2. The van der Waals surface area contributed by atoms with E-state index in [1.807, 2.05) is 0 Å². The van der Waals surface area contributed by atoms with Crippen molar-refractivity contribution in [1.29, 1.82) is 0 Å². The minimum atomic E-state index is -2.98. The summed E-state index contributed by atoms with van der Waals surface area (Å²) in [7, 11) is 1.32. The lowest BCUT2D eigenvalue weighted by molar-refractivity contribution is -0.111. The van der Waals surface area contributed by atoms with E-state index in [1.165, 1.54) is 56.5 Å². The highest BCUT2D eigenvalue weighted by Crippen LogP contribution is 2.37. The Hall–Kier alpha value is -3.62. The highest BCUT2D eigenvalue weighted by atomic mass is 19.3. The Bertz CT molecular complexity index is 974. The van der Waals surface area contributed by atoms with Crippen LogP contribution < -0.4 is 24.3 Å². The predicted octanol–water partition coefficient (Wildman–Crippen LogP) is 3.88. The fourth-order valence-corrected chi connectivity index (χ4v) is 2.66.